The van der Waals surface area contributed by atoms with E-state index in [9.17, 15) is 9.59 Å². The number of benzene rings is 1. The van der Waals surface area contributed by atoms with Crippen molar-refractivity contribution in [3.05, 3.63) is 35.4 Å². The molecule has 1 atom stereocenters. The molecule has 0 N–H and O–H groups in total. The van der Waals surface area contributed by atoms with Crippen LogP contribution in [0.5, 0.6) is 0 Å². The van der Waals surface area contributed by atoms with Crippen LogP contribution in [0.2, 0.25) is 0 Å². The van der Waals surface area contributed by atoms with Crippen LogP contribution in [0.4, 0.5) is 0 Å². The molecule has 5 nitrogen and oxygen atoms in total. The summed E-state index contributed by atoms with van der Waals surface area (Å²) in [6.45, 7) is 7.14. The Morgan fingerprint density at radius 3 is 2.41 bits per heavy atom. The zero-order chi connectivity index (χ0) is 20.2. The van der Waals surface area contributed by atoms with Crippen LogP contribution in [-0.4, -0.2) is 65.8 Å². The molecule has 0 aromatic heterocycles. The molecule has 2 aliphatic heterocycles. The predicted molar refractivity (Wildman–Crippen MR) is 114 cm³/mol. The summed E-state index contributed by atoms with van der Waals surface area (Å²) in [5, 5.41) is 0. The fraction of sp³-hybridized carbons (Fsp3) is 0.667. The summed E-state index contributed by atoms with van der Waals surface area (Å²) in [5.41, 5.74) is 2.43. The molecule has 1 saturated heterocycles. The molecule has 1 aliphatic carbocycles. The van der Waals surface area contributed by atoms with Gasteiger partial charge in [-0.15, -0.1) is 0 Å². The summed E-state index contributed by atoms with van der Waals surface area (Å²) in [4.78, 5) is 31.8. The highest BCUT2D eigenvalue weighted by molar-refractivity contribution is 5.80. The van der Waals surface area contributed by atoms with Crippen molar-refractivity contribution in [1.29, 1.82) is 0 Å². The van der Waals surface area contributed by atoms with Gasteiger partial charge in [0.1, 0.15) is 0 Å². The van der Waals surface area contributed by atoms with E-state index in [1.165, 1.54) is 44.2 Å². The lowest BCUT2D eigenvalue weighted by atomic mass is 9.89. The molecule has 0 bridgehead atoms. The van der Waals surface area contributed by atoms with E-state index in [0.717, 1.165) is 44.1 Å². The van der Waals surface area contributed by atoms with E-state index in [4.69, 9.17) is 0 Å². The van der Waals surface area contributed by atoms with Gasteiger partial charge in [-0.3, -0.25) is 14.5 Å². The summed E-state index contributed by atoms with van der Waals surface area (Å²) >= 11 is 0. The van der Waals surface area contributed by atoms with Crippen molar-refractivity contribution in [3.63, 3.8) is 0 Å². The maximum atomic E-state index is 13.1. The SMILES string of the molecule is CC(=O)N1CCc2ccccc2C1CC(=O)N1CCN(CC2CCCCC2)CC1. The molecule has 2 amide bonds. The van der Waals surface area contributed by atoms with Gasteiger partial charge in [-0.05, 0) is 36.3 Å². The van der Waals surface area contributed by atoms with Crippen LogP contribution in [-0.2, 0) is 16.0 Å². The molecular formula is C24H35N3O2. The minimum absolute atomic E-state index is 0.0644. The average Bonchev–Trinajstić information content (AvgIpc) is 2.75. The van der Waals surface area contributed by atoms with Gasteiger partial charge in [-0.25, -0.2) is 0 Å². The van der Waals surface area contributed by atoms with E-state index in [-0.39, 0.29) is 17.9 Å². The van der Waals surface area contributed by atoms with Crippen molar-refractivity contribution in [2.75, 3.05) is 39.3 Å². The Kier molecular flexibility index (Phi) is 6.53. The van der Waals surface area contributed by atoms with E-state index in [0.29, 0.717) is 13.0 Å². The number of amides is 2. The molecule has 5 heteroatoms. The molecule has 1 unspecified atom stereocenters. The second-order valence-corrected chi connectivity index (χ2v) is 9.07. The van der Waals surface area contributed by atoms with Gasteiger partial charge >= 0.3 is 0 Å². The maximum Gasteiger partial charge on any atom is 0.225 e. The molecule has 4 rings (SSSR count). The maximum absolute atomic E-state index is 13.1. The van der Waals surface area contributed by atoms with Gasteiger partial charge in [0.15, 0.2) is 0 Å². The third-order valence-corrected chi connectivity index (χ3v) is 7.15. The fourth-order valence-corrected chi connectivity index (χ4v) is 5.46. The lowest BCUT2D eigenvalue weighted by Gasteiger charge is -2.40. The third-order valence-electron chi connectivity index (χ3n) is 7.15. The largest absolute Gasteiger partial charge is 0.340 e. The van der Waals surface area contributed by atoms with E-state index >= 15 is 0 Å². The first kappa shape index (κ1) is 20.4. The molecule has 0 spiro atoms. The standard InChI is InChI=1S/C24H35N3O2/c1-19(28)27-12-11-21-9-5-6-10-22(21)23(27)17-24(29)26-15-13-25(14-16-26)18-20-7-3-2-4-8-20/h5-6,9-10,20,23H,2-4,7-8,11-18H2,1H3. The molecule has 1 aromatic carbocycles. The van der Waals surface area contributed by atoms with E-state index in [1.807, 2.05) is 21.9 Å². The molecule has 1 aromatic rings. The van der Waals surface area contributed by atoms with Crippen molar-refractivity contribution in [2.45, 2.75) is 57.9 Å². The van der Waals surface area contributed by atoms with Gasteiger partial charge in [-0.2, -0.15) is 0 Å². The minimum Gasteiger partial charge on any atom is -0.340 e. The van der Waals surface area contributed by atoms with Crippen LogP contribution < -0.4 is 0 Å². The fourth-order valence-electron chi connectivity index (χ4n) is 5.46. The van der Waals surface area contributed by atoms with Gasteiger partial charge in [0.05, 0.1) is 12.5 Å². The number of fused-ring (bicyclic) bond motifs is 1. The Hall–Kier alpha value is -1.88. The lowest BCUT2D eigenvalue weighted by molar-refractivity contribution is -0.137. The van der Waals surface area contributed by atoms with Gasteiger partial charge in [0.2, 0.25) is 11.8 Å². The summed E-state index contributed by atoms with van der Waals surface area (Å²) < 4.78 is 0. The first-order valence-corrected chi connectivity index (χ1v) is 11.5. The van der Waals surface area contributed by atoms with Crippen LogP contribution in [0, 0.1) is 5.92 Å². The second kappa shape index (κ2) is 9.29. The summed E-state index contributed by atoms with van der Waals surface area (Å²) in [6.07, 6.45) is 8.21. The highest BCUT2D eigenvalue weighted by Crippen LogP contribution is 2.33. The van der Waals surface area contributed by atoms with E-state index in [2.05, 4.69) is 17.0 Å². The van der Waals surface area contributed by atoms with Crippen LogP contribution in [0.3, 0.4) is 0 Å². The summed E-state index contributed by atoms with van der Waals surface area (Å²) in [5.74, 6) is 1.11. The molecule has 3 aliphatic rings. The van der Waals surface area contributed by atoms with Crippen LogP contribution >= 0.6 is 0 Å². The van der Waals surface area contributed by atoms with Gasteiger partial charge in [0, 0.05) is 46.2 Å². The molecule has 158 valence electrons. The highest BCUT2D eigenvalue weighted by Gasteiger charge is 2.33. The smallest absolute Gasteiger partial charge is 0.225 e. The first-order valence-electron chi connectivity index (χ1n) is 11.5. The Balaban J connectivity index is 1.34. The number of carbonyl (C=O) groups is 2. The van der Waals surface area contributed by atoms with Crippen molar-refractivity contribution in [3.8, 4) is 0 Å². The number of hydrogen-bond donors (Lipinski definition) is 0. The van der Waals surface area contributed by atoms with Gasteiger partial charge in [0.25, 0.3) is 0 Å². The van der Waals surface area contributed by atoms with Gasteiger partial charge < -0.3 is 9.80 Å². The van der Waals surface area contributed by atoms with Crippen LogP contribution in [0.15, 0.2) is 24.3 Å². The normalized spacial score (nSPS) is 23.7. The first-order chi connectivity index (χ1) is 14.1. The average molecular weight is 398 g/mol. The van der Waals surface area contributed by atoms with Crippen molar-refractivity contribution >= 4 is 11.8 Å². The number of nitrogens with zero attached hydrogens (tertiary/aromatic N) is 3. The topological polar surface area (TPSA) is 43.9 Å². The zero-order valence-electron chi connectivity index (χ0n) is 17.8. The highest BCUT2D eigenvalue weighted by atomic mass is 16.2. The second-order valence-electron chi connectivity index (χ2n) is 9.07. The minimum atomic E-state index is -0.120. The quantitative estimate of drug-likeness (QED) is 0.783. The summed E-state index contributed by atoms with van der Waals surface area (Å²) in [6, 6.07) is 8.17. The van der Waals surface area contributed by atoms with Crippen molar-refractivity contribution < 1.29 is 9.59 Å². The number of carbonyl (C=O) groups excluding carboxylic acids is 2. The van der Waals surface area contributed by atoms with Crippen molar-refractivity contribution in [2.24, 2.45) is 5.92 Å². The Bertz CT molecular complexity index is 721. The van der Waals surface area contributed by atoms with Crippen molar-refractivity contribution in [1.82, 2.24) is 14.7 Å². The third kappa shape index (κ3) is 4.82. The van der Waals surface area contributed by atoms with Crippen LogP contribution in [0.25, 0.3) is 0 Å². The Morgan fingerprint density at radius 1 is 0.966 bits per heavy atom. The zero-order valence-corrected chi connectivity index (χ0v) is 17.8. The van der Waals surface area contributed by atoms with Crippen LogP contribution in [0.1, 0.15) is 62.6 Å². The number of piperazine rings is 1. The molecule has 0 radical (unpaired) electrons. The van der Waals surface area contributed by atoms with E-state index < -0.39 is 0 Å². The molecule has 29 heavy (non-hydrogen) atoms. The van der Waals surface area contributed by atoms with Gasteiger partial charge in [-0.1, -0.05) is 43.5 Å². The molecule has 2 heterocycles. The molecule has 1 saturated carbocycles. The Labute approximate surface area is 175 Å². The summed E-state index contributed by atoms with van der Waals surface area (Å²) in [7, 11) is 0. The molecule has 2 fully saturated rings. The Morgan fingerprint density at radius 2 is 1.69 bits per heavy atom. The monoisotopic (exact) mass is 397 g/mol. The lowest BCUT2D eigenvalue weighted by Crippen LogP contribution is -2.51. The molecular weight excluding hydrogens is 362 g/mol. The number of rotatable bonds is 4. The van der Waals surface area contributed by atoms with E-state index in [1.54, 1.807) is 6.92 Å². The predicted octanol–water partition coefficient (Wildman–Crippen LogP) is 3.25. The number of hydrogen-bond acceptors (Lipinski definition) is 3.